The number of aromatic hydroxyl groups is 1. The minimum atomic E-state index is -1.91. The number of aromatic amines is 2. The van der Waals surface area contributed by atoms with Crippen LogP contribution < -0.4 is 70.0 Å². The molecule has 2 saturated heterocycles. The first-order valence-electron chi connectivity index (χ1n) is 43.0. The summed E-state index contributed by atoms with van der Waals surface area (Å²) < 4.78 is 1.79. The highest BCUT2D eigenvalue weighted by molar-refractivity contribution is 8.00. The molecular formula is C85H111N23O21S2. The smallest absolute Gasteiger partial charge is 0.305 e. The summed E-state index contributed by atoms with van der Waals surface area (Å²) in [6, 6.07) is -2.35. The molecule has 2 fully saturated rings. The number of hydrogen-bond donors (Lipinski definition) is 19. The second-order valence-corrected chi connectivity index (χ2v) is 34.4. The number of amides is 16. The second-order valence-electron chi connectivity index (χ2n) is 32.5. The molecule has 0 aliphatic carbocycles. The van der Waals surface area contributed by atoms with E-state index in [0.29, 0.717) is 58.7 Å². The van der Waals surface area contributed by atoms with E-state index in [2.05, 4.69) is 89.0 Å². The van der Waals surface area contributed by atoms with E-state index in [4.69, 9.17) is 11.5 Å². The molecule has 3 aromatic carbocycles. The van der Waals surface area contributed by atoms with Crippen LogP contribution >= 0.6 is 23.1 Å². The monoisotopic (exact) mass is 1850 g/mol. The number of aliphatic hydroxyl groups is 2. The van der Waals surface area contributed by atoms with Gasteiger partial charge in [0.25, 0.3) is 0 Å². The Labute approximate surface area is 759 Å². The van der Waals surface area contributed by atoms with Crippen LogP contribution in [-0.2, 0) is 107 Å². The fourth-order valence-electron chi connectivity index (χ4n) is 15.7. The number of para-hydroxylation sites is 1. The summed E-state index contributed by atoms with van der Waals surface area (Å²) in [7, 11) is 1.33. The number of imidazole rings is 1. The Morgan fingerprint density at radius 2 is 1.21 bits per heavy atom. The number of hydrogen-bond acceptors (Lipinski definition) is 26. The largest absolute Gasteiger partial charge is 0.508 e. The number of phenolic OH excluding ortho intramolecular Hbond substituents is 1. The molecule has 0 spiro atoms. The van der Waals surface area contributed by atoms with E-state index in [-0.39, 0.29) is 74.5 Å². The molecule has 0 bridgehead atoms. The summed E-state index contributed by atoms with van der Waals surface area (Å²) in [5, 5.41) is 86.8. The van der Waals surface area contributed by atoms with E-state index < -0.39 is 249 Å². The lowest BCUT2D eigenvalue weighted by atomic mass is 10.0. The molecule has 16 amide bonds. The van der Waals surface area contributed by atoms with Gasteiger partial charge in [0.15, 0.2) is 5.82 Å². The Morgan fingerprint density at radius 3 is 1.88 bits per heavy atom. The number of aliphatic hydroxyl groups excluding tert-OH is 2. The minimum absolute atomic E-state index is 0.0116. The number of fused-ring (bicyclic) bond motifs is 5. The van der Waals surface area contributed by atoms with Crippen LogP contribution in [-0.4, -0.2) is 294 Å². The number of rotatable bonds is 23. The highest BCUT2D eigenvalue weighted by Crippen LogP contribution is 2.30. The first-order valence-corrected chi connectivity index (χ1v) is 45.0. The highest BCUT2D eigenvalue weighted by Gasteiger charge is 2.46. The topological polar surface area (TPSA) is 653 Å². The standard InChI is InChI=1S/C85H111N23O21S2/c1-6-8-17-55-83(127)105(5)64(19-9-7-2)80(124)92-44(3)73(117)101-63(75(119)90-37-69(87)113)41-130-42-70(114)93-57(29-46-22-24-50(110)25-23-46)72-102-103-104-108(72)45(4)74(118)99-61(34-71(115)116)85(129)106-28-14-20-65(106)81(125)98-60(32-49-36-88-43-91-49)78(122)95-56(26-27-68(86)112)84(128)107-38-51(111)33-66(107)82(126)97-58(30-47-35-89-54-18-12-10-15-52(47)54)77(121)100-62(39-109)79(123)96-59(76(120)94-55)31-48-40-131-67-21-13-11-16-53(48)67/h10-13,15-16,18,21-25,35-36,40,43-45,51,55-66,89,109-111H,6-9,14,17,19-20,26-34,37-39,41-42H2,1-5H3,(H2,86,112)(H2,87,113)(H,88,91)(H,90,119)(H,92,124)(H,93,114)(H,94,120)(H,95,122)(H,96,123)(H,97,126)(H,98,125)(H,99,118)(H,100,121)(H,101,117)(H,115,116)/t44-,45-,51+,55-,56-,57-,58-,59-,60-,61-,62-,63-,64-,65-,66-/m0/s1. The number of carboxylic acid groups (broad SMARTS) is 1. The number of thiophene rings is 1. The minimum Gasteiger partial charge on any atom is -0.508 e. The molecule has 44 nitrogen and oxygen atoms in total. The number of primary amides is 2. The number of thioether (sulfide) groups is 1. The molecule has 704 valence electrons. The lowest BCUT2D eigenvalue weighted by molar-refractivity contribution is -0.146. The van der Waals surface area contributed by atoms with Gasteiger partial charge in [-0.2, -0.15) is 0 Å². The van der Waals surface area contributed by atoms with Crippen molar-refractivity contribution < 1.29 is 102 Å². The van der Waals surface area contributed by atoms with Gasteiger partial charge < -0.3 is 115 Å². The van der Waals surface area contributed by atoms with Crippen molar-refractivity contribution in [2.75, 3.05) is 44.8 Å². The van der Waals surface area contributed by atoms with Crippen molar-refractivity contribution >= 4 is 145 Å². The molecule has 3 aliphatic rings. The molecule has 0 radical (unpaired) electrons. The maximum absolute atomic E-state index is 15.3. The molecule has 21 N–H and O–H groups in total. The molecule has 0 unspecified atom stereocenters. The molecule has 131 heavy (non-hydrogen) atoms. The summed E-state index contributed by atoms with van der Waals surface area (Å²) in [5.41, 5.74) is 13.3. The number of nitrogens with one attached hydrogen (secondary N) is 13. The van der Waals surface area contributed by atoms with Gasteiger partial charge >= 0.3 is 5.97 Å². The SMILES string of the molecule is CCCC[C@@H]1NC(=O)[C@H](Cc2csc3ccccc23)NC(=O)[C@H](CO)NC(=O)[C@H](Cc2c[nH]c3ccccc23)NC(=O)[C@@H]2C[C@@H](O)CN2C(=O)[C@H](CCC(N)=O)NC(=O)[C@H](Cc2c[nH]cn2)NC(=O)[C@@H]2CCCN2C(=O)[C@H](CC(=O)O)NC(=O)[C@H](C)n2nnnc2[C@H](Cc2ccc(O)cc2)NC(=O)CSC[C@@H](C(=O)NCC(N)=O)NC(=O)[C@H](C)NC(=O)[C@H](CCCC)N(C)C1=O. The Bertz CT molecular complexity index is 5280. The number of unbranched alkanes of at least 4 members (excludes halogenated alkanes) is 2. The number of carbonyl (C=O) groups is 17. The quantitative estimate of drug-likeness (QED) is 0.0306. The second kappa shape index (κ2) is 47.2. The van der Waals surface area contributed by atoms with Crippen molar-refractivity contribution in [3.63, 3.8) is 0 Å². The maximum atomic E-state index is 15.3. The molecule has 10 rings (SSSR count). The molecule has 4 aromatic heterocycles. The molecular weight excluding hydrogens is 1740 g/mol. The Hall–Kier alpha value is -13.5. The van der Waals surface area contributed by atoms with Gasteiger partial charge in [-0.1, -0.05) is 88.1 Å². The zero-order valence-electron chi connectivity index (χ0n) is 72.7. The fourth-order valence-corrected chi connectivity index (χ4v) is 17.6. The van der Waals surface area contributed by atoms with Gasteiger partial charge in [0, 0.05) is 92.4 Å². The van der Waals surface area contributed by atoms with Gasteiger partial charge in [0.1, 0.15) is 84.3 Å². The van der Waals surface area contributed by atoms with E-state index in [1.807, 2.05) is 19.9 Å². The molecule has 7 heterocycles. The van der Waals surface area contributed by atoms with Gasteiger partial charge in [-0.25, -0.2) is 9.67 Å². The third kappa shape index (κ3) is 27.1. The van der Waals surface area contributed by atoms with Gasteiger partial charge in [0.2, 0.25) is 94.5 Å². The van der Waals surface area contributed by atoms with E-state index in [1.54, 1.807) is 54.0 Å². The van der Waals surface area contributed by atoms with E-state index >= 15 is 28.8 Å². The number of nitrogens with zero attached hydrogens (tertiary/aromatic N) is 8. The number of phenols is 1. The number of aliphatic carboxylic acids is 1. The predicted octanol–water partition coefficient (Wildman–Crippen LogP) is -2.89. The van der Waals surface area contributed by atoms with Crippen molar-refractivity contribution in [3.05, 3.63) is 125 Å². The number of H-pyrrole nitrogens is 2. The van der Waals surface area contributed by atoms with Crippen LogP contribution in [0.1, 0.15) is 145 Å². The summed E-state index contributed by atoms with van der Waals surface area (Å²) in [6.07, 6.45) is 0.759. The van der Waals surface area contributed by atoms with Crippen LogP contribution in [0, 0.1) is 0 Å². The summed E-state index contributed by atoms with van der Waals surface area (Å²) in [5.74, 6) is -18.4. The number of tetrazole rings is 1. The predicted molar refractivity (Wildman–Crippen MR) is 472 cm³/mol. The Morgan fingerprint density at radius 1 is 0.603 bits per heavy atom. The van der Waals surface area contributed by atoms with Gasteiger partial charge in [0.05, 0.1) is 49.5 Å². The first-order chi connectivity index (χ1) is 62.6. The Balaban J connectivity index is 1.00. The van der Waals surface area contributed by atoms with Gasteiger partial charge in [-0.05, 0) is 108 Å². The van der Waals surface area contributed by atoms with Crippen LogP contribution in [0.3, 0.4) is 0 Å². The van der Waals surface area contributed by atoms with Crippen molar-refractivity contribution in [2.24, 2.45) is 11.5 Å². The highest BCUT2D eigenvalue weighted by atomic mass is 32.2. The average Bonchev–Trinajstić information content (AvgIpc) is 1.68. The average molecular weight is 1860 g/mol. The van der Waals surface area contributed by atoms with Crippen LogP contribution in [0.4, 0.5) is 0 Å². The third-order valence-corrected chi connectivity index (χ3v) is 24.8. The molecule has 3 aliphatic heterocycles. The maximum Gasteiger partial charge on any atom is 0.305 e. The number of nitrogens with two attached hydrogens (primary N) is 2. The van der Waals surface area contributed by atoms with Crippen LogP contribution in [0.2, 0.25) is 0 Å². The number of aromatic nitrogens is 7. The van der Waals surface area contributed by atoms with Crippen LogP contribution in [0.25, 0.3) is 21.0 Å². The summed E-state index contributed by atoms with van der Waals surface area (Å²) in [6.45, 7) is 3.68. The molecule has 7 aromatic rings. The summed E-state index contributed by atoms with van der Waals surface area (Å²) >= 11 is 2.14. The van der Waals surface area contributed by atoms with Crippen molar-refractivity contribution in [2.45, 2.75) is 221 Å². The van der Waals surface area contributed by atoms with E-state index in [0.717, 1.165) is 35.8 Å². The van der Waals surface area contributed by atoms with E-state index in [1.165, 1.54) is 69.0 Å². The van der Waals surface area contributed by atoms with Crippen molar-refractivity contribution in [1.29, 1.82) is 0 Å². The normalized spacial score (nSPS) is 24.8. The molecule has 46 heteroatoms. The number of carboxylic acids is 1. The first kappa shape index (κ1) is 99.7. The van der Waals surface area contributed by atoms with Crippen molar-refractivity contribution in [3.8, 4) is 5.75 Å². The lowest BCUT2D eigenvalue weighted by Gasteiger charge is -2.32. The molecule has 0 saturated carbocycles. The lowest BCUT2D eigenvalue weighted by Crippen LogP contribution is -2.61. The number of benzene rings is 3. The van der Waals surface area contributed by atoms with Crippen LogP contribution in [0.15, 0.2) is 96.9 Å². The van der Waals surface area contributed by atoms with Gasteiger partial charge in [-0.3, -0.25) is 81.5 Å². The summed E-state index contributed by atoms with van der Waals surface area (Å²) in [4.78, 5) is 258. The number of likely N-dealkylation sites (N-methyl/N-ethyl adjacent to an activating group) is 1. The fraction of sp³-hybridized carbons (Fsp3) is 0.494. The van der Waals surface area contributed by atoms with E-state index in [9.17, 15) is 73.2 Å². The van der Waals surface area contributed by atoms with Gasteiger partial charge in [-0.15, -0.1) is 28.2 Å². The number of carbonyl (C=O) groups excluding carboxylic acids is 16. The van der Waals surface area contributed by atoms with Crippen molar-refractivity contribution in [1.82, 2.24) is 108 Å². The zero-order chi connectivity index (χ0) is 94.9. The third-order valence-electron chi connectivity index (χ3n) is 22.8. The zero-order valence-corrected chi connectivity index (χ0v) is 74.4. The molecule has 15 atom stereocenters. The van der Waals surface area contributed by atoms with Crippen LogP contribution in [0.5, 0.6) is 5.75 Å². The Kier molecular flexibility index (Phi) is 35.9.